The molecule has 2 aliphatic heterocycles. The molecule has 0 unspecified atom stereocenters. The standard InChI is InChI=1S/C11H10ClN3O3/c1-5-3-11(9(16)14-10(17)15-11)7-2-6(12)4-13-8(7)18-5/h2,4-5H,3H2,1H3,(H2,14,15,16,17)/t5-,11-/m1/s1. The number of halogens is 1. The first kappa shape index (κ1) is 11.3. The van der Waals surface area contributed by atoms with Crippen molar-refractivity contribution < 1.29 is 14.3 Å². The Labute approximate surface area is 108 Å². The smallest absolute Gasteiger partial charge is 0.322 e. The zero-order valence-corrected chi connectivity index (χ0v) is 10.2. The van der Waals surface area contributed by atoms with E-state index in [0.29, 0.717) is 22.9 Å². The Bertz CT molecular complexity index is 562. The molecule has 2 atom stereocenters. The molecule has 94 valence electrons. The topological polar surface area (TPSA) is 80.3 Å². The number of urea groups is 1. The zero-order chi connectivity index (χ0) is 12.9. The third kappa shape index (κ3) is 1.45. The van der Waals surface area contributed by atoms with E-state index >= 15 is 0 Å². The number of fused-ring (bicyclic) bond motifs is 2. The Balaban J connectivity index is 2.20. The maximum absolute atomic E-state index is 12.1. The maximum atomic E-state index is 12.1. The van der Waals surface area contributed by atoms with Gasteiger partial charge in [0.1, 0.15) is 6.10 Å². The highest BCUT2D eigenvalue weighted by Crippen LogP contribution is 2.40. The second-order valence-corrected chi connectivity index (χ2v) is 4.89. The zero-order valence-electron chi connectivity index (χ0n) is 9.49. The summed E-state index contributed by atoms with van der Waals surface area (Å²) in [5.74, 6) is -0.0662. The summed E-state index contributed by atoms with van der Waals surface area (Å²) in [5.41, 5.74) is -0.626. The lowest BCUT2D eigenvalue weighted by molar-refractivity contribution is -0.126. The van der Waals surface area contributed by atoms with Gasteiger partial charge in [-0.15, -0.1) is 0 Å². The Morgan fingerprint density at radius 3 is 3.00 bits per heavy atom. The van der Waals surface area contributed by atoms with Crippen LogP contribution in [0.15, 0.2) is 12.3 Å². The van der Waals surface area contributed by atoms with Crippen molar-refractivity contribution in [1.82, 2.24) is 15.6 Å². The molecule has 18 heavy (non-hydrogen) atoms. The second kappa shape index (κ2) is 3.58. The number of nitrogens with zero attached hydrogens (tertiary/aromatic N) is 1. The Morgan fingerprint density at radius 1 is 1.56 bits per heavy atom. The molecule has 1 spiro atoms. The number of nitrogens with one attached hydrogen (secondary N) is 2. The van der Waals surface area contributed by atoms with Crippen LogP contribution < -0.4 is 15.4 Å². The van der Waals surface area contributed by atoms with Crippen molar-refractivity contribution in [3.8, 4) is 5.88 Å². The molecular weight excluding hydrogens is 258 g/mol. The fourth-order valence-corrected chi connectivity index (χ4v) is 2.58. The highest BCUT2D eigenvalue weighted by molar-refractivity contribution is 6.30. The Hall–Kier alpha value is -1.82. The van der Waals surface area contributed by atoms with Gasteiger partial charge in [0.05, 0.1) is 10.6 Å². The van der Waals surface area contributed by atoms with E-state index in [4.69, 9.17) is 16.3 Å². The average Bonchev–Trinajstić information content (AvgIpc) is 2.55. The number of imide groups is 1. The monoisotopic (exact) mass is 267 g/mol. The summed E-state index contributed by atoms with van der Waals surface area (Å²) >= 11 is 5.90. The number of aromatic nitrogens is 1. The van der Waals surface area contributed by atoms with E-state index < -0.39 is 17.5 Å². The van der Waals surface area contributed by atoms with Crippen LogP contribution in [-0.2, 0) is 10.3 Å². The maximum Gasteiger partial charge on any atom is 0.322 e. The van der Waals surface area contributed by atoms with Gasteiger partial charge in [-0.2, -0.15) is 0 Å². The molecule has 3 amide bonds. The Morgan fingerprint density at radius 2 is 2.33 bits per heavy atom. The van der Waals surface area contributed by atoms with Crippen LogP contribution in [-0.4, -0.2) is 23.0 Å². The van der Waals surface area contributed by atoms with Crippen LogP contribution in [0, 0.1) is 0 Å². The normalized spacial score (nSPS) is 29.6. The summed E-state index contributed by atoms with van der Waals surface area (Å²) in [6, 6.07) is 1.08. The first-order chi connectivity index (χ1) is 8.51. The number of carbonyl (C=O) groups is 2. The number of rotatable bonds is 0. The fourth-order valence-electron chi connectivity index (χ4n) is 2.42. The number of pyridine rings is 1. The molecule has 2 N–H and O–H groups in total. The van der Waals surface area contributed by atoms with Crippen molar-refractivity contribution >= 4 is 23.5 Å². The van der Waals surface area contributed by atoms with Crippen molar-refractivity contribution in [3.63, 3.8) is 0 Å². The van der Waals surface area contributed by atoms with Crippen LogP contribution in [0.1, 0.15) is 18.9 Å². The summed E-state index contributed by atoms with van der Waals surface area (Å²) in [6.45, 7) is 1.82. The van der Waals surface area contributed by atoms with E-state index in [1.165, 1.54) is 6.20 Å². The summed E-state index contributed by atoms with van der Waals surface area (Å²) in [4.78, 5) is 27.5. The molecule has 7 heteroatoms. The molecule has 1 fully saturated rings. The van der Waals surface area contributed by atoms with E-state index in [2.05, 4.69) is 15.6 Å². The molecule has 2 aliphatic rings. The summed E-state index contributed by atoms with van der Waals surface area (Å²) in [6.07, 6.45) is 1.57. The Kier molecular flexibility index (Phi) is 2.25. The van der Waals surface area contributed by atoms with Crippen LogP contribution in [0.3, 0.4) is 0 Å². The van der Waals surface area contributed by atoms with Gasteiger partial charge in [0.2, 0.25) is 5.88 Å². The van der Waals surface area contributed by atoms with Gasteiger partial charge in [0.15, 0.2) is 5.54 Å². The number of carbonyl (C=O) groups excluding carboxylic acids is 2. The first-order valence-corrected chi connectivity index (χ1v) is 5.85. The second-order valence-electron chi connectivity index (χ2n) is 4.45. The highest BCUT2D eigenvalue weighted by Gasteiger charge is 2.53. The number of hydrogen-bond donors (Lipinski definition) is 2. The average molecular weight is 268 g/mol. The number of hydrogen-bond acceptors (Lipinski definition) is 4. The largest absolute Gasteiger partial charge is 0.474 e. The lowest BCUT2D eigenvalue weighted by Gasteiger charge is -2.35. The molecule has 1 aromatic rings. The third-order valence-electron chi connectivity index (χ3n) is 3.13. The van der Waals surface area contributed by atoms with Crippen LogP contribution in [0.5, 0.6) is 5.88 Å². The van der Waals surface area contributed by atoms with Gasteiger partial charge < -0.3 is 10.1 Å². The van der Waals surface area contributed by atoms with Gasteiger partial charge in [-0.05, 0) is 13.0 Å². The molecule has 0 aromatic carbocycles. The van der Waals surface area contributed by atoms with E-state index in [-0.39, 0.29) is 6.10 Å². The summed E-state index contributed by atoms with van der Waals surface area (Å²) < 4.78 is 5.56. The van der Waals surface area contributed by atoms with Crippen molar-refractivity contribution in [2.75, 3.05) is 0 Å². The van der Waals surface area contributed by atoms with Crippen molar-refractivity contribution in [1.29, 1.82) is 0 Å². The molecule has 0 radical (unpaired) electrons. The quantitative estimate of drug-likeness (QED) is 0.686. The first-order valence-electron chi connectivity index (χ1n) is 5.47. The van der Waals surface area contributed by atoms with Crippen molar-refractivity contribution in [2.24, 2.45) is 0 Å². The fraction of sp³-hybridized carbons (Fsp3) is 0.364. The third-order valence-corrected chi connectivity index (χ3v) is 3.33. The summed E-state index contributed by atoms with van der Waals surface area (Å²) in [7, 11) is 0. The lowest BCUT2D eigenvalue weighted by Crippen LogP contribution is -2.49. The van der Waals surface area contributed by atoms with Crippen LogP contribution in [0.25, 0.3) is 0 Å². The predicted molar refractivity (Wildman–Crippen MR) is 62.3 cm³/mol. The molecule has 0 bridgehead atoms. The molecule has 3 rings (SSSR count). The molecular formula is C11H10ClN3O3. The van der Waals surface area contributed by atoms with Gasteiger partial charge >= 0.3 is 6.03 Å². The van der Waals surface area contributed by atoms with Crippen LogP contribution in [0.2, 0.25) is 5.02 Å². The molecule has 1 saturated heterocycles. The molecule has 6 nitrogen and oxygen atoms in total. The van der Waals surface area contributed by atoms with E-state index in [1.54, 1.807) is 6.07 Å². The van der Waals surface area contributed by atoms with Gasteiger partial charge in [-0.1, -0.05) is 11.6 Å². The minimum absolute atomic E-state index is 0.227. The SMILES string of the molecule is C[C@@H]1C[C@@]2(NC(=O)NC2=O)c2cc(Cl)cnc2O1. The van der Waals surface area contributed by atoms with Gasteiger partial charge in [-0.3, -0.25) is 10.1 Å². The highest BCUT2D eigenvalue weighted by atomic mass is 35.5. The van der Waals surface area contributed by atoms with Crippen molar-refractivity contribution in [2.45, 2.75) is 25.0 Å². The minimum atomic E-state index is -1.12. The molecule has 3 heterocycles. The summed E-state index contributed by atoms with van der Waals surface area (Å²) in [5, 5.41) is 5.29. The molecule has 1 aromatic heterocycles. The molecule has 0 aliphatic carbocycles. The predicted octanol–water partition coefficient (Wildman–Crippen LogP) is 0.941. The number of ether oxygens (including phenoxy) is 1. The van der Waals surface area contributed by atoms with Gasteiger partial charge in [-0.25, -0.2) is 9.78 Å². The van der Waals surface area contributed by atoms with Gasteiger partial charge in [0, 0.05) is 12.6 Å². The van der Waals surface area contributed by atoms with Crippen LogP contribution >= 0.6 is 11.6 Å². The van der Waals surface area contributed by atoms with E-state index in [9.17, 15) is 9.59 Å². The minimum Gasteiger partial charge on any atom is -0.474 e. The molecule has 0 saturated carbocycles. The van der Waals surface area contributed by atoms with Crippen LogP contribution in [0.4, 0.5) is 4.79 Å². The van der Waals surface area contributed by atoms with E-state index in [0.717, 1.165) is 0 Å². The lowest BCUT2D eigenvalue weighted by atomic mass is 9.83. The van der Waals surface area contributed by atoms with Gasteiger partial charge in [0.25, 0.3) is 5.91 Å². The number of amides is 3. The van der Waals surface area contributed by atoms with E-state index in [1.807, 2.05) is 6.92 Å². The van der Waals surface area contributed by atoms with Crippen molar-refractivity contribution in [3.05, 3.63) is 22.8 Å².